The molecule has 4 atom stereocenters. The molecule has 0 radical (unpaired) electrons. The Morgan fingerprint density at radius 3 is 2.50 bits per heavy atom. The Kier molecular flexibility index (Phi) is 2.21. The Morgan fingerprint density at radius 1 is 1.38 bits per heavy atom. The summed E-state index contributed by atoms with van der Waals surface area (Å²) in [6.07, 6.45) is -0.0917. The number of fused-ring (bicyclic) bond motifs is 2. The Hall–Kier alpha value is -0.120. The van der Waals surface area contributed by atoms with Gasteiger partial charge in [-0.25, -0.2) is 0 Å². The van der Waals surface area contributed by atoms with Crippen LogP contribution in [0.5, 0.6) is 0 Å². The van der Waals surface area contributed by atoms with Gasteiger partial charge in [0, 0.05) is 18.4 Å². The smallest absolute Gasteiger partial charge is 0.211 e. The number of hydrogen-bond acceptors (Lipinski definition) is 3. The van der Waals surface area contributed by atoms with Crippen LogP contribution in [0.25, 0.3) is 0 Å². The van der Waals surface area contributed by atoms with E-state index in [1.54, 1.807) is 7.11 Å². The molecule has 1 saturated heterocycles. The van der Waals surface area contributed by atoms with Gasteiger partial charge in [-0.05, 0) is 12.3 Å². The van der Waals surface area contributed by atoms with Gasteiger partial charge in [0.25, 0.3) is 0 Å². The molecule has 2 bridgehead atoms. The van der Waals surface area contributed by atoms with Crippen molar-refractivity contribution in [3.63, 3.8) is 0 Å². The number of methoxy groups -OCH3 is 1. The average molecular weight is 230 g/mol. The first-order chi connectivity index (χ1) is 7.76. The molecule has 1 heterocycles. The fourth-order valence-electron chi connectivity index (χ4n) is 3.95. The molecule has 0 unspecified atom stereocenters. The summed E-state index contributed by atoms with van der Waals surface area (Å²) in [6, 6.07) is 0. The fourth-order valence-corrected chi connectivity index (χ4v) is 3.95. The van der Waals surface area contributed by atoms with Gasteiger partial charge in [0.1, 0.15) is 5.60 Å². The van der Waals surface area contributed by atoms with Crippen molar-refractivity contribution in [3.05, 3.63) is 0 Å². The third-order valence-corrected chi connectivity index (χ3v) is 5.55. The molecule has 3 heteroatoms. The van der Waals surface area contributed by atoms with Crippen LogP contribution in [0.15, 0.2) is 0 Å². The molecule has 0 aromatic carbocycles. The molecule has 0 aromatic rings. The SMILES string of the molecule is [3H]O[C@H]1[C@H]2[C@H](C)O[C@]1(COC)C(C)(C)C2(C)C. The molecule has 16 heavy (non-hydrogen) atoms. The molecule has 1 saturated carbocycles. The highest BCUT2D eigenvalue weighted by molar-refractivity contribution is 5.22. The number of rotatable bonds is 3. The lowest BCUT2D eigenvalue weighted by Crippen LogP contribution is -2.57. The van der Waals surface area contributed by atoms with Gasteiger partial charge in [-0.2, -0.15) is 0 Å². The molecule has 94 valence electrons. The normalized spacial score (nSPS) is 49.4. The zero-order valence-corrected chi connectivity index (χ0v) is 11.2. The summed E-state index contributed by atoms with van der Waals surface area (Å²) in [5, 5.41) is 5.04. The van der Waals surface area contributed by atoms with E-state index in [2.05, 4.69) is 34.6 Å². The largest absolute Gasteiger partial charge is 0.390 e. The minimum atomic E-state index is -0.503. The Morgan fingerprint density at radius 2 is 2.00 bits per heavy atom. The maximum absolute atomic E-state index is 7.41. The van der Waals surface area contributed by atoms with Crippen molar-refractivity contribution < 1.29 is 14.6 Å². The number of aliphatic hydroxyl groups excluding tert-OH is 1. The zero-order chi connectivity index (χ0) is 13.1. The lowest BCUT2D eigenvalue weighted by atomic mass is 9.61. The van der Waals surface area contributed by atoms with Crippen LogP contribution in [0.2, 0.25) is 0 Å². The monoisotopic (exact) mass is 230 g/mol. The van der Waals surface area contributed by atoms with Crippen molar-refractivity contribution in [3.8, 4) is 0 Å². The molecular formula is C13H24O3. The molecule has 1 aliphatic carbocycles. The first kappa shape index (κ1) is 11.0. The zero-order valence-electron chi connectivity index (χ0n) is 12.2. The lowest BCUT2D eigenvalue weighted by molar-refractivity contribution is -0.213. The Bertz CT molecular complexity index is 316. The first-order valence-corrected chi connectivity index (χ1v) is 6.05. The summed E-state index contributed by atoms with van der Waals surface area (Å²) in [4.78, 5) is 0. The van der Waals surface area contributed by atoms with E-state index in [-0.39, 0.29) is 29.0 Å². The van der Waals surface area contributed by atoms with E-state index < -0.39 is 5.60 Å². The molecule has 0 spiro atoms. The van der Waals surface area contributed by atoms with E-state index in [4.69, 9.17) is 16.0 Å². The van der Waals surface area contributed by atoms with Gasteiger partial charge in [0.15, 0.2) is 0 Å². The molecule has 1 aliphatic heterocycles. The number of ether oxygens (including phenoxy) is 2. The summed E-state index contributed by atoms with van der Waals surface area (Å²) in [7, 11) is 1.68. The third-order valence-electron chi connectivity index (χ3n) is 5.55. The third kappa shape index (κ3) is 1.05. The minimum absolute atomic E-state index is 0.0644. The second-order valence-corrected chi connectivity index (χ2v) is 6.44. The van der Waals surface area contributed by atoms with Crippen molar-refractivity contribution in [2.24, 2.45) is 16.7 Å². The van der Waals surface area contributed by atoms with Crippen molar-refractivity contribution in [1.82, 2.24) is 0 Å². The van der Waals surface area contributed by atoms with Crippen LogP contribution >= 0.6 is 0 Å². The molecule has 3 nitrogen and oxygen atoms in total. The highest BCUT2D eigenvalue weighted by Gasteiger charge is 2.75. The highest BCUT2D eigenvalue weighted by Crippen LogP contribution is 2.67. The molecule has 2 rings (SSSR count). The van der Waals surface area contributed by atoms with Gasteiger partial charge in [0.05, 0.1) is 18.8 Å². The van der Waals surface area contributed by atoms with Gasteiger partial charge in [-0.1, -0.05) is 27.7 Å². The van der Waals surface area contributed by atoms with Gasteiger partial charge >= 0.3 is 0 Å². The van der Waals surface area contributed by atoms with Crippen LogP contribution in [-0.2, 0) is 9.47 Å². The van der Waals surface area contributed by atoms with Crippen LogP contribution in [0.3, 0.4) is 0 Å². The number of aliphatic hydroxyl groups is 1. The van der Waals surface area contributed by atoms with Gasteiger partial charge in [0.2, 0.25) is 1.43 Å². The van der Waals surface area contributed by atoms with E-state index in [0.29, 0.717) is 6.61 Å². The number of hydrogen-bond donors (Lipinski definition) is 1. The maximum atomic E-state index is 7.41. The minimum Gasteiger partial charge on any atom is -0.390 e. The van der Waals surface area contributed by atoms with E-state index >= 15 is 0 Å². The highest BCUT2D eigenvalue weighted by atomic mass is 16.6. The molecule has 0 amide bonds. The van der Waals surface area contributed by atoms with E-state index in [1.807, 2.05) is 0 Å². The van der Waals surface area contributed by atoms with Crippen LogP contribution in [-0.4, -0.2) is 38.1 Å². The summed E-state index contributed by atoms with van der Waals surface area (Å²) in [6.45, 7) is 11.5. The average Bonchev–Trinajstić information content (AvgIpc) is 2.56. The summed E-state index contributed by atoms with van der Waals surface area (Å²) >= 11 is 0. The summed E-state index contributed by atoms with van der Waals surface area (Å²) < 4.78 is 19.0. The van der Waals surface area contributed by atoms with Gasteiger partial charge in [-0.15, -0.1) is 0 Å². The van der Waals surface area contributed by atoms with Crippen molar-refractivity contribution in [2.45, 2.75) is 52.4 Å². The van der Waals surface area contributed by atoms with Crippen LogP contribution in [0.1, 0.15) is 34.6 Å². The molecule has 0 aromatic heterocycles. The maximum Gasteiger partial charge on any atom is 0.211 e. The lowest BCUT2D eigenvalue weighted by Gasteiger charge is -2.52. The van der Waals surface area contributed by atoms with Crippen LogP contribution in [0, 0.1) is 16.7 Å². The predicted octanol–water partition coefficient (Wildman–Crippen LogP) is 1.83. The van der Waals surface area contributed by atoms with Gasteiger partial charge in [-0.3, -0.25) is 0 Å². The molecule has 2 aliphatic rings. The quantitative estimate of drug-likeness (QED) is 0.804. The molecule has 1 N–H and O–H groups in total. The van der Waals surface area contributed by atoms with E-state index in [9.17, 15) is 0 Å². The van der Waals surface area contributed by atoms with Crippen molar-refractivity contribution in [1.29, 1.82) is 1.43 Å². The molecular weight excluding hydrogens is 204 g/mol. The fraction of sp³-hybridized carbons (Fsp3) is 1.00. The predicted molar refractivity (Wildman–Crippen MR) is 62.2 cm³/mol. The first-order valence-electron chi connectivity index (χ1n) is 6.46. The van der Waals surface area contributed by atoms with E-state index in [1.165, 1.54) is 0 Å². The van der Waals surface area contributed by atoms with Gasteiger partial charge < -0.3 is 14.6 Å². The second kappa shape index (κ2) is 3.21. The topological polar surface area (TPSA) is 38.7 Å². The Balaban J connectivity index is 2.52. The van der Waals surface area contributed by atoms with Crippen molar-refractivity contribution in [2.75, 3.05) is 13.7 Å². The van der Waals surface area contributed by atoms with Crippen molar-refractivity contribution >= 4 is 0 Å². The summed E-state index contributed by atoms with van der Waals surface area (Å²) in [5.74, 6) is 0.241. The standard InChI is InChI=1S/C13H24O3/c1-8-9-10(14)13(16-8,7-15-6)12(4,5)11(9,2)3/h8-10,14H,7H2,1-6H3/t8-,9+,10-,13-/m0/s1/i14T. The van der Waals surface area contributed by atoms with Crippen LogP contribution in [0.4, 0.5) is 0 Å². The van der Waals surface area contributed by atoms with Crippen LogP contribution < -0.4 is 0 Å². The summed E-state index contributed by atoms with van der Waals surface area (Å²) in [5.41, 5.74) is -0.523. The molecule has 2 fully saturated rings. The Labute approximate surface area is 99.6 Å². The second-order valence-electron chi connectivity index (χ2n) is 6.44. The van der Waals surface area contributed by atoms with E-state index in [0.717, 1.165) is 0 Å².